The molecule has 0 spiro atoms. The van der Waals surface area contributed by atoms with Gasteiger partial charge in [0.05, 0.1) is 12.3 Å². The molecular weight excluding hydrogens is 445 g/mol. The molecule has 2 aromatic heterocycles. The van der Waals surface area contributed by atoms with Gasteiger partial charge in [-0.05, 0) is 42.9 Å². The molecule has 10 heteroatoms. The van der Waals surface area contributed by atoms with Crippen LogP contribution in [0, 0.1) is 5.82 Å². The molecule has 1 fully saturated rings. The third-order valence-corrected chi connectivity index (χ3v) is 7.41. The van der Waals surface area contributed by atoms with Crippen molar-refractivity contribution in [3.63, 3.8) is 0 Å². The topological polar surface area (TPSA) is 94.5 Å². The first kappa shape index (κ1) is 22.0. The first-order valence-electron chi connectivity index (χ1n) is 10.9. The maximum absolute atomic E-state index is 13.5. The van der Waals surface area contributed by atoms with Gasteiger partial charge in [-0.1, -0.05) is 6.07 Å². The molecule has 2 aromatic carbocycles. The van der Waals surface area contributed by atoms with E-state index < -0.39 is 10.0 Å². The van der Waals surface area contributed by atoms with Crippen molar-refractivity contribution in [3.05, 3.63) is 54.3 Å². The molecule has 3 heterocycles. The Kier molecular flexibility index (Phi) is 5.92. The first-order chi connectivity index (χ1) is 15.9. The van der Waals surface area contributed by atoms with Gasteiger partial charge in [0.25, 0.3) is 0 Å². The predicted molar refractivity (Wildman–Crippen MR) is 126 cm³/mol. The average molecular weight is 472 g/mol. The Morgan fingerprint density at radius 2 is 1.97 bits per heavy atom. The molecule has 0 unspecified atom stereocenters. The zero-order chi connectivity index (χ0) is 23.0. The maximum atomic E-state index is 13.5. The molecule has 0 amide bonds. The van der Waals surface area contributed by atoms with Crippen LogP contribution in [0.15, 0.2) is 47.0 Å². The van der Waals surface area contributed by atoms with Gasteiger partial charge >= 0.3 is 0 Å². The van der Waals surface area contributed by atoms with Gasteiger partial charge in [-0.15, -0.1) is 0 Å². The van der Waals surface area contributed by atoms with Crippen molar-refractivity contribution in [2.75, 3.05) is 45.5 Å². The number of aromatic nitrogens is 2. The summed E-state index contributed by atoms with van der Waals surface area (Å²) in [4.78, 5) is 11.9. The molecule has 2 N–H and O–H groups in total. The molecule has 1 aliphatic heterocycles. The Morgan fingerprint density at radius 1 is 1.15 bits per heavy atom. The molecule has 5 rings (SSSR count). The quantitative estimate of drug-likeness (QED) is 0.431. The van der Waals surface area contributed by atoms with Crippen LogP contribution < -0.4 is 4.72 Å². The van der Waals surface area contributed by atoms with Gasteiger partial charge in [0.1, 0.15) is 11.3 Å². The average Bonchev–Trinajstić information content (AvgIpc) is 3.40. The highest BCUT2D eigenvalue weighted by atomic mass is 32.2. The van der Waals surface area contributed by atoms with Gasteiger partial charge in [-0.3, -0.25) is 4.90 Å². The van der Waals surface area contributed by atoms with Crippen LogP contribution in [0.3, 0.4) is 0 Å². The van der Waals surface area contributed by atoms with Crippen LogP contribution in [0.25, 0.3) is 33.1 Å². The van der Waals surface area contributed by atoms with E-state index in [1.165, 1.54) is 12.1 Å². The van der Waals surface area contributed by atoms with E-state index in [0.29, 0.717) is 29.1 Å². The van der Waals surface area contributed by atoms with Crippen LogP contribution in [0.2, 0.25) is 0 Å². The molecule has 4 aromatic rings. The molecule has 174 valence electrons. The molecular formula is C23H26FN5O3S. The van der Waals surface area contributed by atoms with E-state index in [9.17, 15) is 12.8 Å². The number of sulfonamides is 1. The van der Waals surface area contributed by atoms with Crippen LogP contribution in [0.5, 0.6) is 0 Å². The second-order valence-electron chi connectivity index (χ2n) is 8.47. The summed E-state index contributed by atoms with van der Waals surface area (Å²) in [6.07, 6.45) is 1.83. The lowest BCUT2D eigenvalue weighted by molar-refractivity contribution is 0.161. The van der Waals surface area contributed by atoms with E-state index in [0.717, 1.165) is 42.7 Å². The Morgan fingerprint density at radius 3 is 2.79 bits per heavy atom. The summed E-state index contributed by atoms with van der Waals surface area (Å²) in [5, 5.41) is 0.906. The Hall–Kier alpha value is -2.79. The smallest absolute Gasteiger partial charge is 0.213 e. The number of nitrogens with zero attached hydrogens (tertiary/aromatic N) is 3. The van der Waals surface area contributed by atoms with Crippen molar-refractivity contribution in [2.24, 2.45) is 0 Å². The SMILES string of the molecule is CN1CCN(CCS(=O)(=O)NCc2nc3ccc(-c4c[nH]c5cc(F)ccc45)cc3o2)CC1. The molecule has 0 aliphatic carbocycles. The molecule has 0 radical (unpaired) electrons. The molecule has 0 saturated carbocycles. The van der Waals surface area contributed by atoms with Crippen LogP contribution in [-0.4, -0.2) is 73.7 Å². The van der Waals surface area contributed by atoms with Gasteiger partial charge in [0.15, 0.2) is 5.58 Å². The molecule has 1 saturated heterocycles. The zero-order valence-electron chi connectivity index (χ0n) is 18.3. The summed E-state index contributed by atoms with van der Waals surface area (Å²) in [6.45, 7) is 4.17. The van der Waals surface area contributed by atoms with Crippen molar-refractivity contribution in [3.8, 4) is 11.1 Å². The second kappa shape index (κ2) is 8.86. The number of benzene rings is 2. The minimum Gasteiger partial charge on any atom is -0.439 e. The molecule has 8 nitrogen and oxygen atoms in total. The van der Waals surface area contributed by atoms with Crippen LogP contribution in [0.4, 0.5) is 4.39 Å². The normalized spacial score (nSPS) is 16.2. The molecule has 33 heavy (non-hydrogen) atoms. The standard InChI is InChI=1S/C23H26FN5O3S/c1-28-6-8-29(9-7-28)10-11-33(30,31)26-15-23-27-20-5-2-16(12-22(20)32-23)19-14-25-21-13-17(24)3-4-18(19)21/h2-5,12-14,25-26H,6-11,15H2,1H3. The van der Waals surface area contributed by atoms with Gasteiger partial charge in [-0.2, -0.15) is 0 Å². The predicted octanol–water partition coefficient (Wildman–Crippen LogP) is 2.78. The van der Waals surface area contributed by atoms with Crippen molar-refractivity contribution < 1.29 is 17.2 Å². The summed E-state index contributed by atoms with van der Waals surface area (Å²) in [5.74, 6) is 0.0611. The fraction of sp³-hybridized carbons (Fsp3) is 0.348. The highest BCUT2D eigenvalue weighted by molar-refractivity contribution is 7.89. The van der Waals surface area contributed by atoms with Crippen molar-refractivity contribution in [2.45, 2.75) is 6.54 Å². The molecule has 0 atom stereocenters. The number of halogens is 1. The highest BCUT2D eigenvalue weighted by Crippen LogP contribution is 2.31. The number of piperazine rings is 1. The largest absolute Gasteiger partial charge is 0.439 e. The summed E-state index contributed by atoms with van der Waals surface area (Å²) in [7, 11) is -1.37. The van der Waals surface area contributed by atoms with Gasteiger partial charge in [0.2, 0.25) is 15.9 Å². The maximum Gasteiger partial charge on any atom is 0.213 e. The Labute approximate surface area is 191 Å². The number of nitrogens with one attached hydrogen (secondary N) is 2. The van der Waals surface area contributed by atoms with Gasteiger partial charge < -0.3 is 14.3 Å². The number of hydrogen-bond acceptors (Lipinski definition) is 6. The van der Waals surface area contributed by atoms with Crippen molar-refractivity contribution in [1.29, 1.82) is 0 Å². The minimum atomic E-state index is -3.44. The van der Waals surface area contributed by atoms with E-state index >= 15 is 0 Å². The van der Waals surface area contributed by atoms with Gasteiger partial charge in [0, 0.05) is 55.4 Å². The van der Waals surface area contributed by atoms with E-state index in [4.69, 9.17) is 4.42 Å². The van der Waals surface area contributed by atoms with Crippen molar-refractivity contribution >= 4 is 32.0 Å². The summed E-state index contributed by atoms with van der Waals surface area (Å²) >= 11 is 0. The fourth-order valence-electron chi connectivity index (χ4n) is 4.12. The van der Waals surface area contributed by atoms with E-state index in [1.807, 2.05) is 24.4 Å². The van der Waals surface area contributed by atoms with E-state index in [-0.39, 0.29) is 18.1 Å². The Bertz CT molecular complexity index is 1390. The van der Waals surface area contributed by atoms with E-state index in [1.54, 1.807) is 6.07 Å². The van der Waals surface area contributed by atoms with Crippen LogP contribution in [0.1, 0.15) is 5.89 Å². The number of hydrogen-bond donors (Lipinski definition) is 2. The first-order valence-corrected chi connectivity index (χ1v) is 12.6. The number of likely N-dealkylation sites (N-methyl/N-ethyl adjacent to an activating group) is 1. The fourth-order valence-corrected chi connectivity index (χ4v) is 5.10. The van der Waals surface area contributed by atoms with Gasteiger partial charge in [-0.25, -0.2) is 22.5 Å². The lowest BCUT2D eigenvalue weighted by Crippen LogP contribution is -2.46. The highest BCUT2D eigenvalue weighted by Gasteiger charge is 2.18. The number of H-pyrrole nitrogens is 1. The van der Waals surface area contributed by atoms with E-state index in [2.05, 4.69) is 31.5 Å². The minimum absolute atomic E-state index is 0.00144. The summed E-state index contributed by atoms with van der Waals surface area (Å²) < 4.78 is 46.8. The molecule has 0 bridgehead atoms. The van der Waals surface area contributed by atoms with Crippen molar-refractivity contribution in [1.82, 2.24) is 24.5 Å². The second-order valence-corrected chi connectivity index (χ2v) is 10.4. The lowest BCUT2D eigenvalue weighted by atomic mass is 10.0. The van der Waals surface area contributed by atoms with Crippen LogP contribution in [-0.2, 0) is 16.6 Å². The number of fused-ring (bicyclic) bond motifs is 2. The monoisotopic (exact) mass is 471 g/mol. The summed E-state index contributed by atoms with van der Waals surface area (Å²) in [5.41, 5.74) is 3.76. The third-order valence-electron chi connectivity index (χ3n) is 6.10. The lowest BCUT2D eigenvalue weighted by Gasteiger charge is -2.32. The number of rotatable bonds is 7. The van der Waals surface area contributed by atoms with Crippen LogP contribution >= 0.6 is 0 Å². The summed E-state index contributed by atoms with van der Waals surface area (Å²) in [6, 6.07) is 10.2. The zero-order valence-corrected chi connectivity index (χ0v) is 19.2. The Balaban J connectivity index is 1.26. The number of aromatic amines is 1. The molecule has 1 aliphatic rings. The number of oxazole rings is 1. The third kappa shape index (κ3) is 4.93.